The molecule has 2 heterocycles. The molecule has 2 saturated heterocycles. The summed E-state index contributed by atoms with van der Waals surface area (Å²) in [5, 5.41) is 0. The molecule has 0 aromatic heterocycles. The van der Waals surface area contributed by atoms with Gasteiger partial charge in [-0.25, -0.2) is 0 Å². The molecular formula is C12H21F3N2. The van der Waals surface area contributed by atoms with Gasteiger partial charge in [0.05, 0.1) is 6.54 Å². The lowest BCUT2D eigenvalue weighted by atomic mass is 10.0. The second kappa shape index (κ2) is 4.76. The summed E-state index contributed by atoms with van der Waals surface area (Å²) in [6.07, 6.45) is -4.05. The van der Waals surface area contributed by atoms with Crippen LogP contribution in [0.15, 0.2) is 0 Å². The molecule has 2 aliphatic heterocycles. The number of hydrogen-bond donors (Lipinski definition) is 0. The van der Waals surface area contributed by atoms with Gasteiger partial charge in [-0.1, -0.05) is 13.8 Å². The van der Waals surface area contributed by atoms with Crippen molar-refractivity contribution in [2.24, 2.45) is 17.8 Å². The summed E-state index contributed by atoms with van der Waals surface area (Å²) < 4.78 is 36.8. The molecule has 0 N–H and O–H groups in total. The molecule has 2 nitrogen and oxygen atoms in total. The third-order valence-electron chi connectivity index (χ3n) is 3.66. The third-order valence-corrected chi connectivity index (χ3v) is 3.66. The lowest BCUT2D eigenvalue weighted by molar-refractivity contribution is -0.144. The fraction of sp³-hybridized carbons (Fsp3) is 1.00. The first kappa shape index (κ1) is 13.1. The van der Waals surface area contributed by atoms with Crippen LogP contribution < -0.4 is 0 Å². The van der Waals surface area contributed by atoms with Crippen LogP contribution in [0.5, 0.6) is 0 Å². The number of halogens is 3. The van der Waals surface area contributed by atoms with Crippen LogP contribution in [0.4, 0.5) is 13.2 Å². The zero-order valence-corrected chi connectivity index (χ0v) is 10.5. The highest BCUT2D eigenvalue weighted by molar-refractivity contribution is 4.93. The van der Waals surface area contributed by atoms with Crippen LogP contribution in [0.25, 0.3) is 0 Å². The molecule has 2 aliphatic rings. The summed E-state index contributed by atoms with van der Waals surface area (Å²) in [5.41, 5.74) is 0. The van der Waals surface area contributed by atoms with Gasteiger partial charge in [0.25, 0.3) is 0 Å². The molecule has 2 unspecified atom stereocenters. The minimum absolute atomic E-state index is 0.455. The van der Waals surface area contributed by atoms with E-state index in [-0.39, 0.29) is 0 Å². The first-order valence-electron chi connectivity index (χ1n) is 6.35. The number of rotatable bonds is 3. The molecule has 5 heteroatoms. The Morgan fingerprint density at radius 3 is 1.88 bits per heavy atom. The van der Waals surface area contributed by atoms with Crippen molar-refractivity contribution in [1.82, 2.24) is 9.80 Å². The van der Waals surface area contributed by atoms with Gasteiger partial charge in [-0.05, 0) is 17.8 Å². The fourth-order valence-electron chi connectivity index (χ4n) is 3.24. The molecule has 2 rings (SSSR count). The first-order valence-corrected chi connectivity index (χ1v) is 6.35. The maximum absolute atomic E-state index is 12.3. The zero-order chi connectivity index (χ0) is 12.6. The topological polar surface area (TPSA) is 6.48 Å². The largest absolute Gasteiger partial charge is 0.401 e. The van der Waals surface area contributed by atoms with Gasteiger partial charge in [-0.15, -0.1) is 0 Å². The smallest absolute Gasteiger partial charge is 0.302 e. The van der Waals surface area contributed by atoms with Crippen molar-refractivity contribution < 1.29 is 13.2 Å². The van der Waals surface area contributed by atoms with E-state index in [1.165, 1.54) is 0 Å². The van der Waals surface area contributed by atoms with Gasteiger partial charge in [-0.3, -0.25) is 4.90 Å². The Hall–Kier alpha value is -0.290. The number of nitrogens with zero attached hydrogens (tertiary/aromatic N) is 2. The summed E-state index contributed by atoms with van der Waals surface area (Å²) in [5.74, 6) is 1.55. The van der Waals surface area contributed by atoms with Gasteiger partial charge in [-0.2, -0.15) is 13.2 Å². The molecule has 100 valence electrons. The molecule has 0 aromatic carbocycles. The Morgan fingerprint density at radius 2 is 1.47 bits per heavy atom. The van der Waals surface area contributed by atoms with Crippen LogP contribution in [0.3, 0.4) is 0 Å². The van der Waals surface area contributed by atoms with Crippen molar-refractivity contribution in [1.29, 1.82) is 0 Å². The Labute approximate surface area is 101 Å². The van der Waals surface area contributed by atoms with Crippen molar-refractivity contribution in [2.45, 2.75) is 20.0 Å². The number of likely N-dealkylation sites (tertiary alicyclic amines) is 2. The van der Waals surface area contributed by atoms with E-state index in [9.17, 15) is 13.2 Å². The maximum Gasteiger partial charge on any atom is 0.401 e. The van der Waals surface area contributed by atoms with Gasteiger partial charge in [0.15, 0.2) is 0 Å². The van der Waals surface area contributed by atoms with E-state index in [0.717, 1.165) is 19.6 Å². The first-order chi connectivity index (χ1) is 7.83. The van der Waals surface area contributed by atoms with E-state index in [1.54, 1.807) is 4.90 Å². The highest BCUT2D eigenvalue weighted by Gasteiger charge is 2.43. The van der Waals surface area contributed by atoms with Crippen LogP contribution >= 0.6 is 0 Å². The van der Waals surface area contributed by atoms with E-state index < -0.39 is 12.7 Å². The quantitative estimate of drug-likeness (QED) is 0.756. The van der Waals surface area contributed by atoms with Gasteiger partial charge in [0.2, 0.25) is 0 Å². The molecule has 2 atom stereocenters. The highest BCUT2D eigenvalue weighted by Crippen LogP contribution is 2.32. The summed E-state index contributed by atoms with van der Waals surface area (Å²) >= 11 is 0. The van der Waals surface area contributed by atoms with E-state index >= 15 is 0 Å². The SMILES string of the molecule is CC(C)CN1CC2CN(CC(F)(F)F)CC2C1. The molecule has 0 bridgehead atoms. The van der Waals surface area contributed by atoms with Crippen molar-refractivity contribution in [3.8, 4) is 0 Å². The average molecular weight is 250 g/mol. The minimum Gasteiger partial charge on any atom is -0.302 e. The molecule has 0 saturated carbocycles. The second-order valence-electron chi connectivity index (χ2n) is 5.94. The molecular weight excluding hydrogens is 229 g/mol. The van der Waals surface area contributed by atoms with E-state index in [1.807, 2.05) is 0 Å². The van der Waals surface area contributed by atoms with Crippen molar-refractivity contribution >= 4 is 0 Å². The molecule has 0 amide bonds. The minimum atomic E-state index is -4.05. The summed E-state index contributed by atoms with van der Waals surface area (Å²) in [4.78, 5) is 3.98. The molecule has 0 radical (unpaired) electrons. The number of fused-ring (bicyclic) bond motifs is 1. The van der Waals surface area contributed by atoms with E-state index in [0.29, 0.717) is 30.8 Å². The average Bonchev–Trinajstić information content (AvgIpc) is 2.56. The normalized spacial score (nSPS) is 31.4. The van der Waals surface area contributed by atoms with Gasteiger partial charge < -0.3 is 4.90 Å². The van der Waals surface area contributed by atoms with Crippen molar-refractivity contribution in [2.75, 3.05) is 39.3 Å². The van der Waals surface area contributed by atoms with Gasteiger partial charge >= 0.3 is 6.18 Å². The Balaban J connectivity index is 1.79. The third kappa shape index (κ3) is 3.58. The molecule has 0 aromatic rings. The maximum atomic E-state index is 12.3. The molecule has 0 aliphatic carbocycles. The molecule has 17 heavy (non-hydrogen) atoms. The van der Waals surface area contributed by atoms with Gasteiger partial charge in [0, 0.05) is 32.7 Å². The monoisotopic (exact) mass is 250 g/mol. The van der Waals surface area contributed by atoms with Gasteiger partial charge in [0.1, 0.15) is 0 Å². The van der Waals surface area contributed by atoms with E-state index in [4.69, 9.17) is 0 Å². The second-order valence-corrected chi connectivity index (χ2v) is 5.94. The fourth-order valence-corrected chi connectivity index (χ4v) is 3.24. The summed E-state index contributed by atoms with van der Waals surface area (Å²) in [6.45, 7) is 7.93. The van der Waals surface area contributed by atoms with Crippen LogP contribution in [-0.4, -0.2) is 55.2 Å². The molecule has 2 fully saturated rings. The number of alkyl halides is 3. The van der Waals surface area contributed by atoms with Crippen LogP contribution in [0.1, 0.15) is 13.8 Å². The summed E-state index contributed by atoms with van der Waals surface area (Å²) in [6, 6.07) is 0. The van der Waals surface area contributed by atoms with Crippen LogP contribution in [-0.2, 0) is 0 Å². The highest BCUT2D eigenvalue weighted by atomic mass is 19.4. The lowest BCUT2D eigenvalue weighted by Crippen LogP contribution is -2.36. The zero-order valence-electron chi connectivity index (χ0n) is 10.5. The summed E-state index contributed by atoms with van der Waals surface area (Å²) in [7, 11) is 0. The van der Waals surface area contributed by atoms with E-state index in [2.05, 4.69) is 18.7 Å². The predicted molar refractivity (Wildman–Crippen MR) is 60.8 cm³/mol. The Kier molecular flexibility index (Phi) is 3.69. The van der Waals surface area contributed by atoms with Crippen molar-refractivity contribution in [3.63, 3.8) is 0 Å². The van der Waals surface area contributed by atoms with Crippen molar-refractivity contribution in [3.05, 3.63) is 0 Å². The van der Waals surface area contributed by atoms with Crippen LogP contribution in [0, 0.1) is 17.8 Å². The number of hydrogen-bond acceptors (Lipinski definition) is 2. The van der Waals surface area contributed by atoms with Crippen LogP contribution in [0.2, 0.25) is 0 Å². The predicted octanol–water partition coefficient (Wildman–Crippen LogP) is 2.07. The Morgan fingerprint density at radius 1 is 1.00 bits per heavy atom. The lowest BCUT2D eigenvalue weighted by Gasteiger charge is -2.23. The Bertz CT molecular complexity index is 251. The molecule has 0 spiro atoms. The standard InChI is InChI=1S/C12H21F3N2/c1-9(2)3-16-4-10-6-17(7-11(10)5-16)8-12(13,14)15/h9-11H,3-8H2,1-2H3.